The maximum Gasteiger partial charge on any atom is 0.416 e. The predicted octanol–water partition coefficient (Wildman–Crippen LogP) is 6.52. The highest BCUT2D eigenvalue weighted by Crippen LogP contribution is 2.36. The molecule has 1 saturated heterocycles. The molecule has 1 aliphatic heterocycles. The largest absolute Gasteiger partial charge is 0.416 e. The molecule has 0 bridgehead atoms. The van der Waals surface area contributed by atoms with Crippen molar-refractivity contribution < 1.29 is 30.7 Å². The third kappa shape index (κ3) is 6.81. The van der Waals surface area contributed by atoms with Gasteiger partial charge in [-0.25, -0.2) is 4.39 Å². The molecule has 1 heterocycles. The normalized spacial score (nSPS) is 16.1. The Balaban J connectivity index is 1.47. The lowest BCUT2D eigenvalue weighted by Gasteiger charge is -2.40. The Morgan fingerprint density at radius 3 is 1.86 bits per heavy atom. The first-order valence-electron chi connectivity index (χ1n) is 11.8. The molecule has 37 heavy (non-hydrogen) atoms. The minimum atomic E-state index is -4.89. The van der Waals surface area contributed by atoms with Crippen molar-refractivity contribution >= 4 is 5.69 Å². The van der Waals surface area contributed by atoms with Gasteiger partial charge in [0.1, 0.15) is 5.82 Å². The lowest BCUT2D eigenvalue weighted by molar-refractivity contribution is -0.143. The lowest BCUT2D eigenvalue weighted by atomic mass is 10.0. The molecule has 198 valence electrons. The number of anilines is 1. The summed E-state index contributed by atoms with van der Waals surface area (Å²) in [7, 11) is 0. The third-order valence-electron chi connectivity index (χ3n) is 6.45. The summed E-state index contributed by atoms with van der Waals surface area (Å²) in [4.78, 5) is 4.15. The van der Waals surface area contributed by atoms with Gasteiger partial charge in [-0.3, -0.25) is 4.90 Å². The average Bonchev–Trinajstić information content (AvgIpc) is 2.86. The molecule has 0 saturated carbocycles. The summed E-state index contributed by atoms with van der Waals surface area (Å²) in [5.41, 5.74) is -1.26. The zero-order valence-electron chi connectivity index (χ0n) is 19.8. The number of nitrogens with one attached hydrogen (secondary N) is 1. The van der Waals surface area contributed by atoms with E-state index in [0.717, 1.165) is 17.7 Å². The van der Waals surface area contributed by atoms with Crippen molar-refractivity contribution in [3.63, 3.8) is 0 Å². The van der Waals surface area contributed by atoms with Crippen LogP contribution in [-0.4, -0.2) is 37.6 Å². The van der Waals surface area contributed by atoms with Crippen LogP contribution < -0.4 is 10.2 Å². The van der Waals surface area contributed by atoms with E-state index in [1.165, 1.54) is 6.07 Å². The zero-order valence-corrected chi connectivity index (χ0v) is 19.8. The van der Waals surface area contributed by atoms with Crippen molar-refractivity contribution in [3.8, 4) is 0 Å². The van der Waals surface area contributed by atoms with Gasteiger partial charge >= 0.3 is 12.4 Å². The number of piperazine rings is 1. The van der Waals surface area contributed by atoms with Gasteiger partial charge in [-0.1, -0.05) is 42.5 Å². The fraction of sp³-hybridized carbons (Fsp3) is 0.333. The monoisotopic (exact) mass is 525 g/mol. The van der Waals surface area contributed by atoms with Gasteiger partial charge in [0.2, 0.25) is 0 Å². The number of benzene rings is 3. The molecule has 3 nitrogen and oxygen atoms in total. The predicted molar refractivity (Wildman–Crippen MR) is 128 cm³/mol. The number of halogens is 7. The van der Waals surface area contributed by atoms with E-state index in [0.29, 0.717) is 38.4 Å². The van der Waals surface area contributed by atoms with Crippen molar-refractivity contribution in [2.45, 2.75) is 24.9 Å². The highest BCUT2D eigenvalue weighted by atomic mass is 19.4. The Morgan fingerprint density at radius 2 is 1.30 bits per heavy atom. The number of hydrogen-bond donors (Lipinski definition) is 1. The number of nitrogens with zero attached hydrogens (tertiary/aromatic N) is 2. The van der Waals surface area contributed by atoms with E-state index in [4.69, 9.17) is 0 Å². The molecule has 0 spiro atoms. The molecule has 1 fully saturated rings. The first kappa shape index (κ1) is 26.9. The van der Waals surface area contributed by atoms with E-state index in [-0.39, 0.29) is 30.0 Å². The summed E-state index contributed by atoms with van der Waals surface area (Å²) < 4.78 is 93.5. The number of alkyl halides is 6. The highest BCUT2D eigenvalue weighted by molar-refractivity contribution is 5.48. The van der Waals surface area contributed by atoms with E-state index in [2.05, 4.69) is 10.2 Å². The second-order valence-electron chi connectivity index (χ2n) is 8.95. The molecule has 3 aromatic rings. The SMILES string of the molecule is Fc1ccccc1N1CCN(C(CNCc2cc(C(F)(F)F)cc(C(F)(F)F)c2)c2ccccc2)CC1. The van der Waals surface area contributed by atoms with Crippen LogP contribution in [0.25, 0.3) is 0 Å². The first-order valence-corrected chi connectivity index (χ1v) is 11.8. The highest BCUT2D eigenvalue weighted by Gasteiger charge is 2.37. The number of hydrogen-bond acceptors (Lipinski definition) is 3. The minimum absolute atomic E-state index is 0.0988. The van der Waals surface area contributed by atoms with Gasteiger partial charge in [-0.05, 0) is 41.5 Å². The van der Waals surface area contributed by atoms with Crippen LogP contribution in [0, 0.1) is 5.82 Å². The molecule has 4 rings (SSSR count). The molecule has 0 radical (unpaired) electrons. The van der Waals surface area contributed by atoms with Crippen molar-refractivity contribution in [2.75, 3.05) is 37.6 Å². The maximum atomic E-state index is 14.2. The van der Waals surface area contributed by atoms with Gasteiger partial charge in [0.25, 0.3) is 0 Å². The number of rotatable bonds is 7. The van der Waals surface area contributed by atoms with Gasteiger partial charge in [0.15, 0.2) is 0 Å². The number of para-hydroxylation sites is 1. The summed E-state index contributed by atoms with van der Waals surface area (Å²) in [5.74, 6) is -0.295. The lowest BCUT2D eigenvalue weighted by Crippen LogP contribution is -2.49. The Bertz CT molecular complexity index is 1140. The average molecular weight is 526 g/mol. The summed E-state index contributed by atoms with van der Waals surface area (Å²) in [6.45, 7) is 2.52. The maximum absolute atomic E-state index is 14.2. The second-order valence-corrected chi connectivity index (χ2v) is 8.95. The topological polar surface area (TPSA) is 18.5 Å². The third-order valence-corrected chi connectivity index (χ3v) is 6.45. The summed E-state index contributed by atoms with van der Waals surface area (Å²) in [6, 6.07) is 17.5. The van der Waals surface area contributed by atoms with E-state index in [9.17, 15) is 30.7 Å². The smallest absolute Gasteiger partial charge is 0.367 e. The van der Waals surface area contributed by atoms with Crippen LogP contribution in [0.15, 0.2) is 72.8 Å². The molecule has 3 aromatic carbocycles. The van der Waals surface area contributed by atoms with Gasteiger partial charge < -0.3 is 10.2 Å². The molecule has 1 aliphatic rings. The molecule has 1 atom stereocenters. The molecule has 0 aromatic heterocycles. The van der Waals surface area contributed by atoms with Crippen LogP contribution in [-0.2, 0) is 18.9 Å². The summed E-state index contributed by atoms with van der Waals surface area (Å²) >= 11 is 0. The Morgan fingerprint density at radius 1 is 0.730 bits per heavy atom. The van der Waals surface area contributed by atoms with Crippen molar-refractivity contribution in [1.29, 1.82) is 0 Å². The first-order chi connectivity index (χ1) is 17.5. The van der Waals surface area contributed by atoms with Gasteiger partial charge in [0.05, 0.1) is 16.8 Å². The Kier molecular flexibility index (Phi) is 8.08. The van der Waals surface area contributed by atoms with E-state index < -0.39 is 23.5 Å². The Hall–Kier alpha value is -3.11. The Labute approximate surface area is 210 Å². The van der Waals surface area contributed by atoms with Gasteiger partial charge in [-0.2, -0.15) is 26.3 Å². The quantitative estimate of drug-likeness (QED) is 0.355. The van der Waals surface area contributed by atoms with Crippen LogP contribution in [0.5, 0.6) is 0 Å². The van der Waals surface area contributed by atoms with Gasteiger partial charge in [-0.15, -0.1) is 0 Å². The fourth-order valence-corrected chi connectivity index (χ4v) is 4.59. The molecule has 0 amide bonds. The van der Waals surface area contributed by atoms with E-state index in [1.54, 1.807) is 18.2 Å². The fourth-order valence-electron chi connectivity index (χ4n) is 4.59. The zero-order chi connectivity index (χ0) is 26.6. The van der Waals surface area contributed by atoms with Crippen LogP contribution >= 0.6 is 0 Å². The van der Waals surface area contributed by atoms with Crippen LogP contribution in [0.1, 0.15) is 28.3 Å². The van der Waals surface area contributed by atoms with E-state index >= 15 is 0 Å². The van der Waals surface area contributed by atoms with Crippen molar-refractivity contribution in [3.05, 3.63) is 101 Å². The van der Waals surface area contributed by atoms with Crippen LogP contribution in [0.2, 0.25) is 0 Å². The van der Waals surface area contributed by atoms with Gasteiger partial charge in [0, 0.05) is 45.3 Å². The van der Waals surface area contributed by atoms with Crippen LogP contribution in [0.3, 0.4) is 0 Å². The molecular formula is C27H26F7N3. The summed E-state index contributed by atoms with van der Waals surface area (Å²) in [6.07, 6.45) is -9.78. The van der Waals surface area contributed by atoms with Crippen LogP contribution in [0.4, 0.5) is 36.4 Å². The van der Waals surface area contributed by atoms with Crippen molar-refractivity contribution in [2.24, 2.45) is 0 Å². The molecular weight excluding hydrogens is 499 g/mol. The minimum Gasteiger partial charge on any atom is -0.367 e. The molecule has 1 unspecified atom stereocenters. The molecule has 0 aliphatic carbocycles. The molecule has 1 N–H and O–H groups in total. The van der Waals surface area contributed by atoms with E-state index in [1.807, 2.05) is 35.2 Å². The van der Waals surface area contributed by atoms with Crippen molar-refractivity contribution in [1.82, 2.24) is 10.2 Å². The molecule has 10 heteroatoms. The standard InChI is InChI=1S/C27H26F7N3/c28-23-8-4-5-9-24(23)36-10-12-37(13-11-36)25(20-6-2-1-3-7-20)18-35-17-19-14-21(26(29,30)31)16-22(15-19)27(32,33)34/h1-9,14-16,25,35H,10-13,17-18H2. The summed E-state index contributed by atoms with van der Waals surface area (Å²) in [5, 5.41) is 3.06. The second kappa shape index (κ2) is 11.1.